The van der Waals surface area contributed by atoms with Crippen LogP contribution in [0.25, 0.3) is 0 Å². The molecule has 0 aliphatic heterocycles. The number of hydrogen-bond donors (Lipinski definition) is 1. The molecule has 1 aromatic heterocycles. The zero-order valence-corrected chi connectivity index (χ0v) is 13.9. The van der Waals surface area contributed by atoms with E-state index < -0.39 is 4.92 Å². The summed E-state index contributed by atoms with van der Waals surface area (Å²) in [6.07, 6.45) is 0.571. The van der Waals surface area contributed by atoms with Crippen LogP contribution in [-0.4, -0.2) is 10.8 Å². The Balaban J connectivity index is 2.25. The predicted octanol–water partition coefficient (Wildman–Crippen LogP) is 4.54. The van der Waals surface area contributed by atoms with Gasteiger partial charge in [-0.1, -0.05) is 13.0 Å². The third-order valence-electron chi connectivity index (χ3n) is 3.00. The first-order valence-electron chi connectivity index (χ1n) is 6.27. The molecule has 5 nitrogen and oxygen atoms in total. The molecule has 0 saturated carbocycles. The molecule has 2 rings (SSSR count). The number of benzene rings is 1. The van der Waals surface area contributed by atoms with E-state index in [-0.39, 0.29) is 11.6 Å². The van der Waals surface area contributed by atoms with E-state index in [1.54, 1.807) is 18.2 Å². The number of anilines is 1. The van der Waals surface area contributed by atoms with Gasteiger partial charge >= 0.3 is 0 Å². The van der Waals surface area contributed by atoms with E-state index in [0.29, 0.717) is 22.5 Å². The van der Waals surface area contributed by atoms with Gasteiger partial charge in [-0.05, 0) is 47.0 Å². The lowest BCUT2D eigenvalue weighted by molar-refractivity contribution is -0.385. The highest BCUT2D eigenvalue weighted by Gasteiger charge is 2.16. The molecule has 1 aromatic carbocycles. The van der Waals surface area contributed by atoms with Crippen molar-refractivity contribution in [3.63, 3.8) is 0 Å². The maximum atomic E-state index is 12.1. The Morgan fingerprint density at radius 2 is 2.14 bits per heavy atom. The lowest BCUT2D eigenvalue weighted by atomic mass is 10.1. The molecule has 0 fully saturated rings. The smallest absolute Gasteiger partial charge is 0.274 e. The van der Waals surface area contributed by atoms with Crippen LogP contribution in [0.1, 0.15) is 27.7 Å². The molecule has 0 spiro atoms. The number of nitrogens with one attached hydrogen (secondary N) is 1. The van der Waals surface area contributed by atoms with Crippen molar-refractivity contribution in [1.82, 2.24) is 0 Å². The number of thiophene rings is 1. The van der Waals surface area contributed by atoms with Crippen molar-refractivity contribution in [2.75, 3.05) is 5.32 Å². The van der Waals surface area contributed by atoms with Gasteiger partial charge in [-0.15, -0.1) is 11.3 Å². The number of amides is 1. The molecule has 0 bridgehead atoms. The van der Waals surface area contributed by atoms with Crippen LogP contribution in [0.15, 0.2) is 28.1 Å². The molecule has 7 heteroatoms. The zero-order valence-electron chi connectivity index (χ0n) is 11.5. The summed E-state index contributed by atoms with van der Waals surface area (Å²) in [6.45, 7) is 3.75. The van der Waals surface area contributed by atoms with E-state index in [0.717, 1.165) is 9.35 Å². The van der Waals surface area contributed by atoms with E-state index in [2.05, 4.69) is 21.2 Å². The second-order valence-electron chi connectivity index (χ2n) is 4.48. The van der Waals surface area contributed by atoms with Gasteiger partial charge in [0.25, 0.3) is 11.6 Å². The third kappa shape index (κ3) is 3.48. The van der Waals surface area contributed by atoms with Gasteiger partial charge in [-0.25, -0.2) is 0 Å². The van der Waals surface area contributed by atoms with Gasteiger partial charge in [0, 0.05) is 17.3 Å². The molecule has 1 N–H and O–H groups in total. The van der Waals surface area contributed by atoms with Crippen LogP contribution >= 0.6 is 27.3 Å². The van der Waals surface area contributed by atoms with E-state index in [9.17, 15) is 14.9 Å². The summed E-state index contributed by atoms with van der Waals surface area (Å²) in [5, 5.41) is 13.7. The van der Waals surface area contributed by atoms with Gasteiger partial charge in [-0.3, -0.25) is 14.9 Å². The first-order chi connectivity index (χ1) is 9.92. The molecule has 1 heterocycles. The van der Waals surface area contributed by atoms with Crippen LogP contribution < -0.4 is 5.32 Å². The molecule has 1 amide bonds. The maximum Gasteiger partial charge on any atom is 0.274 e. The number of hydrogen-bond acceptors (Lipinski definition) is 4. The highest BCUT2D eigenvalue weighted by atomic mass is 79.9. The molecule has 0 aliphatic rings. The number of aryl methyl sites for hydroxylation is 2. The lowest BCUT2D eigenvalue weighted by Gasteiger charge is -2.05. The summed E-state index contributed by atoms with van der Waals surface area (Å²) >= 11 is 4.70. The number of nitro groups is 1. The molecule has 2 aromatic rings. The monoisotopic (exact) mass is 368 g/mol. The summed E-state index contributed by atoms with van der Waals surface area (Å²) in [5.74, 6) is -0.271. The first-order valence-corrected chi connectivity index (χ1v) is 7.88. The van der Waals surface area contributed by atoms with Crippen LogP contribution in [-0.2, 0) is 6.42 Å². The Hall–Kier alpha value is -1.73. The number of nitro benzene ring substituents is 1. The molecular formula is C14H13BrN2O3S. The Bertz CT molecular complexity index is 693. The Morgan fingerprint density at radius 3 is 2.67 bits per heavy atom. The fourth-order valence-corrected chi connectivity index (χ4v) is 3.31. The van der Waals surface area contributed by atoms with Crippen molar-refractivity contribution in [3.8, 4) is 0 Å². The minimum atomic E-state index is -0.430. The lowest BCUT2D eigenvalue weighted by Crippen LogP contribution is -2.10. The highest BCUT2D eigenvalue weighted by molar-refractivity contribution is 9.11. The van der Waals surface area contributed by atoms with E-state index in [1.165, 1.54) is 17.4 Å². The molecule has 110 valence electrons. The number of rotatable bonds is 4. The quantitative estimate of drug-likeness (QED) is 0.635. The predicted molar refractivity (Wildman–Crippen MR) is 87.2 cm³/mol. The number of nitrogens with zero attached hydrogens (tertiary/aromatic N) is 1. The molecule has 0 saturated heterocycles. The molecule has 0 unspecified atom stereocenters. The van der Waals surface area contributed by atoms with Crippen molar-refractivity contribution in [2.45, 2.75) is 20.3 Å². The van der Waals surface area contributed by atoms with Crippen LogP contribution in [0.5, 0.6) is 0 Å². The van der Waals surface area contributed by atoms with E-state index >= 15 is 0 Å². The van der Waals surface area contributed by atoms with Crippen molar-refractivity contribution in [3.05, 3.63) is 54.2 Å². The van der Waals surface area contributed by atoms with E-state index in [4.69, 9.17) is 0 Å². The fourth-order valence-electron chi connectivity index (χ4n) is 1.88. The summed E-state index contributed by atoms with van der Waals surface area (Å²) in [4.78, 5) is 23.3. The van der Waals surface area contributed by atoms with Crippen LogP contribution in [0.4, 0.5) is 11.4 Å². The molecule has 21 heavy (non-hydrogen) atoms. The Kier molecular flexibility index (Phi) is 4.74. The standard InChI is InChI=1S/C14H13BrN2O3S/c1-3-9-4-5-10(7-11(9)17(19)20)16-14(18)12-6-8(2)13(15)21-12/h4-7H,3H2,1-2H3,(H,16,18). The third-order valence-corrected chi connectivity index (χ3v) is 5.14. The largest absolute Gasteiger partial charge is 0.321 e. The summed E-state index contributed by atoms with van der Waals surface area (Å²) in [5.41, 5.74) is 2.08. The van der Waals surface area contributed by atoms with Crippen LogP contribution in [0.2, 0.25) is 0 Å². The molecular weight excluding hydrogens is 356 g/mol. The van der Waals surface area contributed by atoms with Gasteiger partial charge in [-0.2, -0.15) is 0 Å². The Labute approximate surface area is 134 Å². The SMILES string of the molecule is CCc1ccc(NC(=O)c2cc(C)c(Br)s2)cc1[N+](=O)[O-]. The second kappa shape index (κ2) is 6.36. The van der Waals surface area contributed by atoms with Crippen molar-refractivity contribution in [1.29, 1.82) is 0 Å². The molecule has 0 atom stereocenters. The van der Waals surface area contributed by atoms with Gasteiger partial charge in [0.05, 0.1) is 13.6 Å². The minimum absolute atomic E-state index is 0.0267. The summed E-state index contributed by atoms with van der Waals surface area (Å²) in [6, 6.07) is 6.52. The topological polar surface area (TPSA) is 72.2 Å². The molecule has 0 radical (unpaired) electrons. The van der Waals surface area contributed by atoms with Crippen molar-refractivity contribution in [2.24, 2.45) is 0 Å². The summed E-state index contributed by atoms with van der Waals surface area (Å²) in [7, 11) is 0. The van der Waals surface area contributed by atoms with Gasteiger partial charge < -0.3 is 5.32 Å². The van der Waals surface area contributed by atoms with Crippen LogP contribution in [0, 0.1) is 17.0 Å². The van der Waals surface area contributed by atoms with Crippen LogP contribution in [0.3, 0.4) is 0 Å². The van der Waals surface area contributed by atoms with Gasteiger partial charge in [0.15, 0.2) is 0 Å². The molecule has 0 aliphatic carbocycles. The van der Waals surface area contributed by atoms with Crippen molar-refractivity contribution >= 4 is 44.5 Å². The number of carbonyl (C=O) groups is 1. The first kappa shape index (κ1) is 15.7. The van der Waals surface area contributed by atoms with Gasteiger partial charge in [0.2, 0.25) is 0 Å². The second-order valence-corrected chi connectivity index (χ2v) is 6.85. The highest BCUT2D eigenvalue weighted by Crippen LogP contribution is 2.29. The minimum Gasteiger partial charge on any atom is -0.321 e. The van der Waals surface area contributed by atoms with Gasteiger partial charge in [0.1, 0.15) is 0 Å². The number of halogens is 1. The maximum absolute atomic E-state index is 12.1. The Morgan fingerprint density at radius 1 is 1.43 bits per heavy atom. The number of carbonyl (C=O) groups excluding carboxylic acids is 1. The average Bonchev–Trinajstić information content (AvgIpc) is 2.78. The summed E-state index contributed by atoms with van der Waals surface area (Å²) < 4.78 is 0.903. The normalized spacial score (nSPS) is 10.4. The average molecular weight is 369 g/mol. The van der Waals surface area contributed by atoms with Crippen molar-refractivity contribution < 1.29 is 9.72 Å². The fraction of sp³-hybridized carbons (Fsp3) is 0.214. The van der Waals surface area contributed by atoms with E-state index in [1.807, 2.05) is 13.8 Å². The zero-order chi connectivity index (χ0) is 15.6.